The second kappa shape index (κ2) is 4.92. The van der Waals surface area contributed by atoms with Crippen LogP contribution in [0.25, 0.3) is 10.1 Å². The SMILES string of the molecule is C=CC(=O)N1CC(F)(C(=O)Nc2ccc3sncc3c2)C1. The lowest BCUT2D eigenvalue weighted by molar-refractivity contribution is -0.150. The number of hydrogen-bond donors (Lipinski definition) is 1. The summed E-state index contributed by atoms with van der Waals surface area (Å²) < 4.78 is 19.4. The third-order valence-corrected chi connectivity index (χ3v) is 4.17. The highest BCUT2D eigenvalue weighted by Gasteiger charge is 2.51. The van der Waals surface area contributed by atoms with Gasteiger partial charge in [0, 0.05) is 17.3 Å². The minimum Gasteiger partial charge on any atom is -0.331 e. The molecule has 0 radical (unpaired) electrons. The molecule has 7 heteroatoms. The Balaban J connectivity index is 1.69. The number of benzene rings is 1. The number of rotatable bonds is 3. The molecule has 0 atom stereocenters. The van der Waals surface area contributed by atoms with E-state index >= 15 is 0 Å². The lowest BCUT2D eigenvalue weighted by Gasteiger charge is -2.42. The molecule has 2 aromatic rings. The van der Waals surface area contributed by atoms with Gasteiger partial charge < -0.3 is 10.2 Å². The van der Waals surface area contributed by atoms with Crippen molar-refractivity contribution in [2.75, 3.05) is 18.4 Å². The summed E-state index contributed by atoms with van der Waals surface area (Å²) in [4.78, 5) is 24.5. The number of amides is 2. The van der Waals surface area contributed by atoms with E-state index in [2.05, 4.69) is 16.3 Å². The van der Waals surface area contributed by atoms with Gasteiger partial charge >= 0.3 is 0 Å². The quantitative estimate of drug-likeness (QED) is 0.882. The van der Waals surface area contributed by atoms with Gasteiger partial charge in [0.2, 0.25) is 11.6 Å². The van der Waals surface area contributed by atoms with Crippen molar-refractivity contribution in [3.63, 3.8) is 0 Å². The molecule has 1 aromatic carbocycles. The molecule has 2 heterocycles. The van der Waals surface area contributed by atoms with E-state index in [1.807, 2.05) is 6.07 Å². The van der Waals surface area contributed by atoms with Crippen LogP contribution >= 0.6 is 11.5 Å². The van der Waals surface area contributed by atoms with Crippen LogP contribution in [-0.4, -0.2) is 39.8 Å². The van der Waals surface area contributed by atoms with Crippen molar-refractivity contribution >= 4 is 39.1 Å². The van der Waals surface area contributed by atoms with Gasteiger partial charge in [-0.2, -0.15) is 4.37 Å². The maximum absolute atomic E-state index is 14.3. The van der Waals surface area contributed by atoms with Crippen LogP contribution in [0.2, 0.25) is 0 Å². The summed E-state index contributed by atoms with van der Waals surface area (Å²) in [6, 6.07) is 5.26. The highest BCUT2D eigenvalue weighted by Crippen LogP contribution is 2.28. The normalized spacial score (nSPS) is 16.3. The first-order chi connectivity index (χ1) is 10.0. The van der Waals surface area contributed by atoms with Crippen molar-refractivity contribution in [1.29, 1.82) is 0 Å². The number of alkyl halides is 1. The molecule has 3 rings (SSSR count). The summed E-state index contributed by atoms with van der Waals surface area (Å²) in [6.07, 6.45) is 2.80. The maximum atomic E-state index is 14.3. The molecule has 1 saturated heterocycles. The van der Waals surface area contributed by atoms with Crippen molar-refractivity contribution in [2.45, 2.75) is 5.67 Å². The van der Waals surface area contributed by atoms with Crippen LogP contribution in [0.5, 0.6) is 0 Å². The summed E-state index contributed by atoms with van der Waals surface area (Å²) in [5.41, 5.74) is -1.53. The number of halogens is 1. The molecule has 0 saturated carbocycles. The van der Waals surface area contributed by atoms with E-state index in [-0.39, 0.29) is 19.0 Å². The average molecular weight is 305 g/mol. The molecular formula is C14H12FN3O2S. The summed E-state index contributed by atoms with van der Waals surface area (Å²) in [5.74, 6) is -1.11. The van der Waals surface area contributed by atoms with Crippen molar-refractivity contribution in [3.05, 3.63) is 37.1 Å². The second-order valence-electron chi connectivity index (χ2n) is 4.90. The van der Waals surface area contributed by atoms with Gasteiger partial charge in [0.15, 0.2) is 0 Å². The minimum atomic E-state index is -2.04. The number of nitrogens with one attached hydrogen (secondary N) is 1. The van der Waals surface area contributed by atoms with Gasteiger partial charge in [-0.25, -0.2) is 4.39 Å². The van der Waals surface area contributed by atoms with Crippen LogP contribution in [0.1, 0.15) is 0 Å². The zero-order valence-electron chi connectivity index (χ0n) is 11.0. The fourth-order valence-electron chi connectivity index (χ4n) is 2.18. The first kappa shape index (κ1) is 13.7. The number of fused-ring (bicyclic) bond motifs is 1. The number of hydrogen-bond acceptors (Lipinski definition) is 4. The molecule has 1 aliphatic heterocycles. The number of nitrogens with zero attached hydrogens (tertiary/aromatic N) is 2. The number of anilines is 1. The molecule has 1 N–H and O–H groups in total. The Kier molecular flexibility index (Phi) is 3.21. The van der Waals surface area contributed by atoms with Gasteiger partial charge in [0.1, 0.15) is 0 Å². The maximum Gasteiger partial charge on any atom is 0.265 e. The summed E-state index contributed by atoms with van der Waals surface area (Å²) >= 11 is 1.35. The Bertz CT molecular complexity index is 737. The van der Waals surface area contributed by atoms with Crippen molar-refractivity contribution in [1.82, 2.24) is 9.27 Å². The fraction of sp³-hybridized carbons (Fsp3) is 0.214. The smallest absolute Gasteiger partial charge is 0.265 e. The average Bonchev–Trinajstić information content (AvgIpc) is 2.90. The Morgan fingerprint density at radius 2 is 2.24 bits per heavy atom. The molecule has 0 unspecified atom stereocenters. The van der Waals surface area contributed by atoms with E-state index in [0.29, 0.717) is 5.69 Å². The topological polar surface area (TPSA) is 62.3 Å². The summed E-state index contributed by atoms with van der Waals surface area (Å²) in [7, 11) is 0. The predicted octanol–water partition coefficient (Wildman–Crippen LogP) is 1.97. The number of carbonyl (C=O) groups excluding carboxylic acids is 2. The van der Waals surface area contributed by atoms with Crippen LogP contribution in [0.3, 0.4) is 0 Å². The molecule has 108 valence electrons. The zero-order valence-corrected chi connectivity index (χ0v) is 11.8. The molecular weight excluding hydrogens is 293 g/mol. The third-order valence-electron chi connectivity index (χ3n) is 3.39. The van der Waals surface area contributed by atoms with Crippen LogP contribution in [0.4, 0.5) is 10.1 Å². The first-order valence-corrected chi connectivity index (χ1v) is 7.05. The lowest BCUT2D eigenvalue weighted by Crippen LogP contribution is -2.65. The van der Waals surface area contributed by atoms with Crippen molar-refractivity contribution in [3.8, 4) is 0 Å². The Labute approximate surface area is 124 Å². The standard InChI is InChI=1S/C14H12FN3O2S/c1-2-12(19)18-7-14(15,8-18)13(20)17-10-3-4-11-9(5-10)6-16-21-11/h2-6H,1,7-8H2,(H,17,20). The van der Waals surface area contributed by atoms with Gasteiger partial charge in [0.05, 0.1) is 17.8 Å². The van der Waals surface area contributed by atoms with Crippen LogP contribution in [-0.2, 0) is 9.59 Å². The van der Waals surface area contributed by atoms with Crippen LogP contribution in [0, 0.1) is 0 Å². The lowest BCUT2D eigenvalue weighted by atomic mass is 9.95. The van der Waals surface area contributed by atoms with Gasteiger partial charge in [-0.1, -0.05) is 6.58 Å². The monoisotopic (exact) mass is 305 g/mol. The molecule has 0 aliphatic carbocycles. The van der Waals surface area contributed by atoms with Gasteiger partial charge in [-0.15, -0.1) is 0 Å². The Morgan fingerprint density at radius 3 is 2.95 bits per heavy atom. The molecule has 0 bridgehead atoms. The van der Waals surface area contributed by atoms with E-state index in [1.54, 1.807) is 18.3 Å². The van der Waals surface area contributed by atoms with Gasteiger partial charge in [-0.05, 0) is 35.8 Å². The summed E-state index contributed by atoms with van der Waals surface area (Å²) in [5, 5.41) is 3.43. The number of carbonyl (C=O) groups is 2. The number of likely N-dealkylation sites (tertiary alicyclic amines) is 1. The van der Waals surface area contributed by atoms with Crippen LogP contribution < -0.4 is 5.32 Å². The van der Waals surface area contributed by atoms with E-state index in [0.717, 1.165) is 16.2 Å². The zero-order chi connectivity index (χ0) is 15.0. The third kappa shape index (κ3) is 2.40. The predicted molar refractivity (Wildman–Crippen MR) is 78.9 cm³/mol. The second-order valence-corrected chi connectivity index (χ2v) is 5.73. The molecule has 5 nitrogen and oxygen atoms in total. The highest BCUT2D eigenvalue weighted by atomic mass is 32.1. The number of aromatic nitrogens is 1. The Hall–Kier alpha value is -2.28. The van der Waals surface area contributed by atoms with E-state index in [4.69, 9.17) is 0 Å². The minimum absolute atomic E-state index is 0.244. The Morgan fingerprint density at radius 1 is 1.48 bits per heavy atom. The van der Waals surface area contributed by atoms with Crippen molar-refractivity contribution in [2.24, 2.45) is 0 Å². The molecule has 2 amide bonds. The highest BCUT2D eigenvalue weighted by molar-refractivity contribution is 7.13. The van der Waals surface area contributed by atoms with E-state index < -0.39 is 11.6 Å². The van der Waals surface area contributed by atoms with E-state index in [9.17, 15) is 14.0 Å². The molecule has 0 spiro atoms. The molecule has 21 heavy (non-hydrogen) atoms. The van der Waals surface area contributed by atoms with Crippen LogP contribution in [0.15, 0.2) is 37.1 Å². The molecule has 1 aromatic heterocycles. The van der Waals surface area contributed by atoms with Gasteiger partial charge in [-0.3, -0.25) is 9.59 Å². The van der Waals surface area contributed by atoms with E-state index in [1.165, 1.54) is 16.4 Å². The molecule has 1 aliphatic rings. The molecule has 1 fully saturated rings. The summed E-state index contributed by atoms with van der Waals surface area (Å²) in [6.45, 7) is 2.84. The largest absolute Gasteiger partial charge is 0.331 e. The van der Waals surface area contributed by atoms with Crippen molar-refractivity contribution < 1.29 is 14.0 Å². The van der Waals surface area contributed by atoms with Gasteiger partial charge in [0.25, 0.3) is 5.91 Å². The first-order valence-electron chi connectivity index (χ1n) is 6.28. The fourth-order valence-corrected chi connectivity index (χ4v) is 2.81.